The lowest BCUT2D eigenvalue weighted by molar-refractivity contribution is 0.788. The first-order valence-electron chi connectivity index (χ1n) is 6.50. The summed E-state index contributed by atoms with van der Waals surface area (Å²) >= 11 is 1.52. The van der Waals surface area contributed by atoms with E-state index in [0.717, 1.165) is 34.6 Å². The van der Waals surface area contributed by atoms with E-state index in [0.29, 0.717) is 0 Å². The molecule has 3 heterocycles. The van der Waals surface area contributed by atoms with Crippen molar-refractivity contribution in [3.8, 4) is 0 Å². The van der Waals surface area contributed by atoms with Crippen LogP contribution in [0.25, 0.3) is 5.65 Å². The van der Waals surface area contributed by atoms with Crippen molar-refractivity contribution < 1.29 is 0 Å². The molecule has 3 aromatic rings. The predicted molar refractivity (Wildman–Crippen MR) is 79.1 cm³/mol. The van der Waals surface area contributed by atoms with Gasteiger partial charge >= 0.3 is 0 Å². The summed E-state index contributed by atoms with van der Waals surface area (Å²) in [6.45, 7) is 3.03. The average molecular weight is 288 g/mol. The van der Waals surface area contributed by atoms with E-state index in [-0.39, 0.29) is 0 Å². The molecule has 0 radical (unpaired) electrons. The molecule has 0 unspecified atom stereocenters. The average Bonchev–Trinajstić information content (AvgIpc) is 3.06. The van der Waals surface area contributed by atoms with Gasteiger partial charge in [0, 0.05) is 38.4 Å². The number of aryl methyl sites for hydroxylation is 1. The lowest BCUT2D eigenvalue weighted by Gasteiger charge is -2.08. The molecule has 6 nitrogen and oxygen atoms in total. The van der Waals surface area contributed by atoms with Gasteiger partial charge in [-0.15, -0.1) is 0 Å². The van der Waals surface area contributed by atoms with Crippen LogP contribution in [0.1, 0.15) is 13.3 Å². The summed E-state index contributed by atoms with van der Waals surface area (Å²) in [4.78, 5) is 13.3. The zero-order valence-electron chi connectivity index (χ0n) is 11.4. The zero-order chi connectivity index (χ0) is 13.9. The van der Waals surface area contributed by atoms with Crippen molar-refractivity contribution >= 4 is 23.2 Å². The van der Waals surface area contributed by atoms with E-state index < -0.39 is 0 Å². The lowest BCUT2D eigenvalue weighted by Crippen LogP contribution is -2.04. The molecule has 0 aliphatic heterocycles. The third-order valence-electron chi connectivity index (χ3n) is 2.86. The van der Waals surface area contributed by atoms with Crippen LogP contribution < -0.4 is 5.32 Å². The number of imidazole rings is 2. The maximum Gasteiger partial charge on any atom is 0.174 e. The summed E-state index contributed by atoms with van der Waals surface area (Å²) < 4.78 is 3.95. The minimum absolute atomic E-state index is 0.847. The molecule has 0 aromatic carbocycles. The highest BCUT2D eigenvalue weighted by atomic mass is 32.2. The van der Waals surface area contributed by atoms with Crippen molar-refractivity contribution in [2.24, 2.45) is 7.05 Å². The van der Waals surface area contributed by atoms with Gasteiger partial charge in [-0.25, -0.2) is 15.0 Å². The Morgan fingerprint density at radius 3 is 2.85 bits per heavy atom. The fraction of sp³-hybridized carbons (Fsp3) is 0.308. The third kappa shape index (κ3) is 2.49. The van der Waals surface area contributed by atoms with Crippen molar-refractivity contribution in [3.63, 3.8) is 0 Å². The van der Waals surface area contributed by atoms with E-state index in [2.05, 4.69) is 27.2 Å². The van der Waals surface area contributed by atoms with Gasteiger partial charge in [-0.2, -0.15) is 0 Å². The van der Waals surface area contributed by atoms with Crippen LogP contribution in [0.15, 0.2) is 41.2 Å². The van der Waals surface area contributed by atoms with Gasteiger partial charge in [-0.1, -0.05) is 6.92 Å². The Morgan fingerprint density at radius 2 is 2.10 bits per heavy atom. The van der Waals surface area contributed by atoms with Gasteiger partial charge in [0.15, 0.2) is 10.8 Å². The van der Waals surface area contributed by atoms with Crippen LogP contribution in [0, 0.1) is 0 Å². The second kappa shape index (κ2) is 5.54. The Hall–Kier alpha value is -2.02. The summed E-state index contributed by atoms with van der Waals surface area (Å²) in [6, 6.07) is 0. The molecule has 0 bridgehead atoms. The van der Waals surface area contributed by atoms with E-state index in [9.17, 15) is 0 Å². The topological polar surface area (TPSA) is 60.0 Å². The van der Waals surface area contributed by atoms with Crippen LogP contribution in [-0.4, -0.2) is 30.5 Å². The number of anilines is 1. The van der Waals surface area contributed by atoms with E-state index in [1.54, 1.807) is 12.4 Å². The highest BCUT2D eigenvalue weighted by Crippen LogP contribution is 2.28. The maximum atomic E-state index is 4.64. The van der Waals surface area contributed by atoms with Gasteiger partial charge < -0.3 is 14.3 Å². The van der Waals surface area contributed by atoms with Crippen LogP contribution in [0.3, 0.4) is 0 Å². The second-order valence-electron chi connectivity index (χ2n) is 4.44. The number of nitrogens with zero attached hydrogens (tertiary/aromatic N) is 5. The van der Waals surface area contributed by atoms with Crippen molar-refractivity contribution in [1.82, 2.24) is 23.9 Å². The first-order chi connectivity index (χ1) is 9.78. The molecule has 104 valence electrons. The van der Waals surface area contributed by atoms with E-state index >= 15 is 0 Å². The van der Waals surface area contributed by atoms with Crippen LogP contribution in [-0.2, 0) is 7.05 Å². The highest BCUT2D eigenvalue weighted by molar-refractivity contribution is 7.99. The summed E-state index contributed by atoms with van der Waals surface area (Å²) in [7, 11) is 1.97. The first-order valence-corrected chi connectivity index (χ1v) is 7.32. The summed E-state index contributed by atoms with van der Waals surface area (Å²) in [5.74, 6) is 0.856. The fourth-order valence-electron chi connectivity index (χ4n) is 1.85. The van der Waals surface area contributed by atoms with Crippen molar-refractivity contribution in [1.29, 1.82) is 0 Å². The third-order valence-corrected chi connectivity index (χ3v) is 3.91. The van der Waals surface area contributed by atoms with Gasteiger partial charge in [0.05, 0.1) is 6.20 Å². The number of rotatable bonds is 5. The van der Waals surface area contributed by atoms with Gasteiger partial charge in [0.25, 0.3) is 0 Å². The minimum atomic E-state index is 0.847. The second-order valence-corrected chi connectivity index (χ2v) is 5.39. The maximum absolute atomic E-state index is 4.64. The fourth-order valence-corrected chi connectivity index (χ4v) is 2.73. The van der Waals surface area contributed by atoms with Gasteiger partial charge in [0.1, 0.15) is 10.8 Å². The quantitative estimate of drug-likeness (QED) is 0.781. The molecule has 0 aliphatic rings. The molecule has 20 heavy (non-hydrogen) atoms. The van der Waals surface area contributed by atoms with E-state index in [1.165, 1.54) is 11.8 Å². The number of hydrogen-bond acceptors (Lipinski definition) is 5. The van der Waals surface area contributed by atoms with Crippen LogP contribution in [0.5, 0.6) is 0 Å². The molecule has 0 atom stereocenters. The molecule has 0 spiro atoms. The molecular formula is C13H16N6S. The number of nitrogens with one attached hydrogen (secondary N) is 1. The van der Waals surface area contributed by atoms with Crippen molar-refractivity contribution in [2.75, 3.05) is 11.9 Å². The minimum Gasteiger partial charge on any atom is -0.369 e. The molecule has 7 heteroatoms. The Balaban J connectivity index is 1.99. The lowest BCUT2D eigenvalue weighted by atomic mass is 10.5. The summed E-state index contributed by atoms with van der Waals surface area (Å²) in [5, 5.41) is 5.06. The largest absolute Gasteiger partial charge is 0.369 e. The molecule has 3 aromatic heterocycles. The van der Waals surface area contributed by atoms with E-state index in [4.69, 9.17) is 0 Å². The summed E-state index contributed by atoms with van der Waals surface area (Å²) in [5.41, 5.74) is 0.847. The normalized spacial score (nSPS) is 11.1. The van der Waals surface area contributed by atoms with Crippen LogP contribution >= 0.6 is 11.8 Å². The monoisotopic (exact) mass is 288 g/mol. The Bertz CT molecular complexity index is 717. The van der Waals surface area contributed by atoms with Crippen LogP contribution in [0.4, 0.5) is 5.82 Å². The molecule has 0 amide bonds. The van der Waals surface area contributed by atoms with E-state index in [1.807, 2.05) is 34.6 Å². The van der Waals surface area contributed by atoms with Crippen molar-refractivity contribution in [3.05, 3.63) is 31.0 Å². The molecule has 0 aliphatic carbocycles. The zero-order valence-corrected chi connectivity index (χ0v) is 12.3. The number of aromatic nitrogens is 5. The Morgan fingerprint density at radius 1 is 1.25 bits per heavy atom. The molecule has 0 fully saturated rings. The molecule has 3 rings (SSSR count). The SMILES string of the molecule is CCCNc1cn2ccnc2c(Sc2nccn2C)n1. The van der Waals surface area contributed by atoms with Crippen molar-refractivity contribution in [2.45, 2.75) is 23.5 Å². The smallest absolute Gasteiger partial charge is 0.174 e. The molecule has 1 N–H and O–H groups in total. The Labute approximate surface area is 121 Å². The number of hydrogen-bond donors (Lipinski definition) is 1. The standard InChI is InChI=1S/C13H16N6S/c1-3-4-14-10-9-19-8-6-15-11(19)12(17-10)20-13-16-5-7-18(13)2/h5-9,14H,3-4H2,1-2H3. The highest BCUT2D eigenvalue weighted by Gasteiger charge is 2.11. The van der Waals surface area contributed by atoms with Gasteiger partial charge in [0.2, 0.25) is 0 Å². The number of fused-ring (bicyclic) bond motifs is 1. The van der Waals surface area contributed by atoms with Gasteiger partial charge in [-0.3, -0.25) is 0 Å². The molecular weight excluding hydrogens is 272 g/mol. The van der Waals surface area contributed by atoms with Crippen LogP contribution in [0.2, 0.25) is 0 Å². The molecule has 0 saturated carbocycles. The first kappa shape index (κ1) is 13.0. The molecule has 0 saturated heterocycles. The van der Waals surface area contributed by atoms with Gasteiger partial charge in [-0.05, 0) is 18.2 Å². The predicted octanol–water partition coefficient (Wildman–Crippen LogP) is 2.44. The Kier molecular flexibility index (Phi) is 3.60. The summed E-state index contributed by atoms with van der Waals surface area (Å²) in [6.07, 6.45) is 10.4.